The summed E-state index contributed by atoms with van der Waals surface area (Å²) in [4.78, 5) is 0. The van der Waals surface area contributed by atoms with Crippen molar-refractivity contribution in [2.45, 2.75) is 31.8 Å². The Hall–Kier alpha value is -1.74. The molecule has 1 aliphatic carbocycles. The molecule has 1 nitrogen and oxygen atoms in total. The van der Waals surface area contributed by atoms with Crippen LogP contribution in [0.25, 0.3) is 0 Å². The number of nitrogens with one attached hydrogen (secondary N) is 1. The van der Waals surface area contributed by atoms with E-state index in [1.54, 1.807) is 12.1 Å². The Kier molecular flexibility index (Phi) is 4.02. The van der Waals surface area contributed by atoms with Crippen molar-refractivity contribution in [3.8, 4) is 0 Å². The second kappa shape index (κ2) is 5.94. The lowest BCUT2D eigenvalue weighted by Gasteiger charge is -2.24. The van der Waals surface area contributed by atoms with Gasteiger partial charge >= 0.3 is 0 Å². The van der Waals surface area contributed by atoms with Crippen molar-refractivity contribution < 1.29 is 8.78 Å². The summed E-state index contributed by atoms with van der Waals surface area (Å²) in [7, 11) is 0. The van der Waals surface area contributed by atoms with E-state index in [-0.39, 0.29) is 12.1 Å². The zero-order valence-corrected chi connectivity index (χ0v) is 12.0. The van der Waals surface area contributed by atoms with Crippen LogP contribution in [0.4, 0.5) is 8.78 Å². The molecule has 2 aromatic rings. The molecular formula is C18H19F2N. The van der Waals surface area contributed by atoms with E-state index in [0.29, 0.717) is 11.5 Å². The normalized spacial score (nSPS) is 17.5. The first kappa shape index (κ1) is 14.2. The quantitative estimate of drug-likeness (QED) is 0.835. The Morgan fingerprint density at radius 3 is 2.38 bits per heavy atom. The van der Waals surface area contributed by atoms with Gasteiger partial charge in [0.05, 0.1) is 0 Å². The van der Waals surface area contributed by atoms with Gasteiger partial charge in [0.25, 0.3) is 0 Å². The fraction of sp³-hybridized carbons (Fsp3) is 0.333. The minimum atomic E-state index is -0.788. The Balaban J connectivity index is 1.81. The van der Waals surface area contributed by atoms with E-state index in [4.69, 9.17) is 0 Å². The van der Waals surface area contributed by atoms with Crippen LogP contribution >= 0.6 is 0 Å². The molecule has 1 N–H and O–H groups in total. The number of benzene rings is 2. The van der Waals surface area contributed by atoms with Crippen LogP contribution in [0.3, 0.4) is 0 Å². The third kappa shape index (κ3) is 3.13. The first-order valence-electron chi connectivity index (χ1n) is 7.41. The summed E-state index contributed by atoms with van der Waals surface area (Å²) >= 11 is 0. The average Bonchev–Trinajstić information content (AvgIpc) is 3.33. The maximum atomic E-state index is 13.9. The molecule has 2 aromatic carbocycles. The van der Waals surface area contributed by atoms with Crippen LogP contribution in [0, 0.1) is 17.6 Å². The number of rotatable bonds is 5. The Morgan fingerprint density at radius 1 is 1.00 bits per heavy atom. The topological polar surface area (TPSA) is 12.0 Å². The van der Waals surface area contributed by atoms with E-state index in [2.05, 4.69) is 17.4 Å². The third-order valence-electron chi connectivity index (χ3n) is 4.13. The van der Waals surface area contributed by atoms with Gasteiger partial charge in [-0.15, -0.1) is 0 Å². The SMILES string of the molecule is CC(NC(c1ccccc1)C1CC1)c1cccc(F)c1F. The van der Waals surface area contributed by atoms with Crippen molar-refractivity contribution in [2.24, 2.45) is 5.92 Å². The van der Waals surface area contributed by atoms with Crippen molar-refractivity contribution >= 4 is 0 Å². The first-order valence-corrected chi connectivity index (χ1v) is 7.41. The highest BCUT2D eigenvalue weighted by molar-refractivity contribution is 5.25. The second-order valence-corrected chi connectivity index (χ2v) is 5.76. The van der Waals surface area contributed by atoms with Gasteiger partial charge in [0.15, 0.2) is 11.6 Å². The first-order chi connectivity index (χ1) is 10.2. The standard InChI is InChI=1S/C18H19F2N/c1-12(15-8-5-9-16(19)17(15)20)21-18(14-10-11-14)13-6-3-2-4-7-13/h2-9,12,14,18,21H,10-11H2,1H3. The molecule has 0 aromatic heterocycles. The molecule has 1 saturated carbocycles. The smallest absolute Gasteiger partial charge is 0.163 e. The molecule has 110 valence electrons. The summed E-state index contributed by atoms with van der Waals surface area (Å²) in [5, 5.41) is 3.47. The van der Waals surface area contributed by atoms with E-state index >= 15 is 0 Å². The molecule has 2 atom stereocenters. The molecule has 1 fully saturated rings. The largest absolute Gasteiger partial charge is 0.303 e. The molecule has 3 heteroatoms. The van der Waals surface area contributed by atoms with Crippen molar-refractivity contribution in [2.75, 3.05) is 0 Å². The highest BCUT2D eigenvalue weighted by Crippen LogP contribution is 2.42. The molecule has 0 bridgehead atoms. The fourth-order valence-electron chi connectivity index (χ4n) is 2.81. The van der Waals surface area contributed by atoms with E-state index < -0.39 is 11.6 Å². The predicted octanol–water partition coefficient (Wildman–Crippen LogP) is 4.77. The monoisotopic (exact) mass is 287 g/mol. The molecule has 2 unspecified atom stereocenters. The van der Waals surface area contributed by atoms with E-state index in [1.165, 1.54) is 18.4 Å². The summed E-state index contributed by atoms with van der Waals surface area (Å²) in [6, 6.07) is 14.5. The van der Waals surface area contributed by atoms with Crippen molar-refractivity contribution in [1.29, 1.82) is 0 Å². The summed E-state index contributed by atoms with van der Waals surface area (Å²) in [6.45, 7) is 1.89. The van der Waals surface area contributed by atoms with Gasteiger partial charge in [-0.25, -0.2) is 8.78 Å². The van der Waals surface area contributed by atoms with Crippen molar-refractivity contribution in [3.63, 3.8) is 0 Å². The highest BCUT2D eigenvalue weighted by Gasteiger charge is 2.33. The Labute approximate surface area is 124 Å². The zero-order chi connectivity index (χ0) is 14.8. The average molecular weight is 287 g/mol. The van der Waals surface area contributed by atoms with Gasteiger partial charge in [0.2, 0.25) is 0 Å². The van der Waals surface area contributed by atoms with Gasteiger partial charge < -0.3 is 5.32 Å². The number of halogens is 2. The van der Waals surface area contributed by atoms with E-state index in [1.807, 2.05) is 25.1 Å². The molecule has 3 rings (SSSR count). The predicted molar refractivity (Wildman–Crippen MR) is 79.8 cm³/mol. The molecule has 0 heterocycles. The maximum Gasteiger partial charge on any atom is 0.163 e. The van der Waals surface area contributed by atoms with Gasteiger partial charge in [-0.2, -0.15) is 0 Å². The van der Waals surface area contributed by atoms with Crippen molar-refractivity contribution in [1.82, 2.24) is 5.32 Å². The van der Waals surface area contributed by atoms with Crippen LogP contribution in [-0.4, -0.2) is 0 Å². The Morgan fingerprint density at radius 2 is 1.71 bits per heavy atom. The van der Waals surface area contributed by atoms with Crippen molar-refractivity contribution in [3.05, 3.63) is 71.3 Å². The van der Waals surface area contributed by atoms with Crippen LogP contribution in [0.2, 0.25) is 0 Å². The lowest BCUT2D eigenvalue weighted by Crippen LogP contribution is -2.27. The van der Waals surface area contributed by atoms with E-state index in [0.717, 1.165) is 6.07 Å². The summed E-state index contributed by atoms with van der Waals surface area (Å²) in [5.74, 6) is -0.949. The Bertz CT molecular complexity index is 608. The van der Waals surface area contributed by atoms with Crippen LogP contribution in [0.5, 0.6) is 0 Å². The molecule has 0 saturated heterocycles. The van der Waals surface area contributed by atoms with Gasteiger partial charge in [0, 0.05) is 17.6 Å². The molecule has 1 aliphatic rings. The van der Waals surface area contributed by atoms with Crippen LogP contribution < -0.4 is 5.32 Å². The minimum absolute atomic E-state index is 0.198. The summed E-state index contributed by atoms with van der Waals surface area (Å²) < 4.78 is 27.3. The molecule has 0 aliphatic heterocycles. The van der Waals surface area contributed by atoms with Gasteiger partial charge in [0.1, 0.15) is 0 Å². The lowest BCUT2D eigenvalue weighted by atomic mass is 9.99. The van der Waals surface area contributed by atoms with Gasteiger partial charge in [-0.05, 0) is 37.3 Å². The highest BCUT2D eigenvalue weighted by atomic mass is 19.2. The molecule has 0 spiro atoms. The third-order valence-corrected chi connectivity index (χ3v) is 4.13. The second-order valence-electron chi connectivity index (χ2n) is 5.76. The van der Waals surface area contributed by atoms with Crippen LogP contribution in [0.15, 0.2) is 48.5 Å². The maximum absolute atomic E-state index is 13.9. The number of hydrogen-bond donors (Lipinski definition) is 1. The molecule has 0 amide bonds. The van der Waals surface area contributed by atoms with Crippen LogP contribution in [0.1, 0.15) is 43.0 Å². The number of hydrogen-bond acceptors (Lipinski definition) is 1. The lowest BCUT2D eigenvalue weighted by molar-refractivity contribution is 0.408. The molecule has 21 heavy (non-hydrogen) atoms. The minimum Gasteiger partial charge on any atom is -0.303 e. The van der Waals surface area contributed by atoms with Crippen LogP contribution in [-0.2, 0) is 0 Å². The molecular weight excluding hydrogens is 268 g/mol. The fourth-order valence-corrected chi connectivity index (χ4v) is 2.81. The molecule has 0 radical (unpaired) electrons. The van der Waals surface area contributed by atoms with Gasteiger partial charge in [-0.1, -0.05) is 42.5 Å². The summed E-state index contributed by atoms with van der Waals surface area (Å²) in [6.07, 6.45) is 2.37. The van der Waals surface area contributed by atoms with Gasteiger partial charge in [-0.3, -0.25) is 0 Å². The zero-order valence-electron chi connectivity index (χ0n) is 12.0. The summed E-state index contributed by atoms with van der Waals surface area (Å²) in [5.41, 5.74) is 1.60. The van der Waals surface area contributed by atoms with E-state index in [9.17, 15) is 8.78 Å².